The zero-order chi connectivity index (χ0) is 34.6. The van der Waals surface area contributed by atoms with E-state index in [9.17, 15) is 0 Å². The molecule has 8 rings (SSSR count). The molecule has 0 aliphatic carbocycles. The van der Waals surface area contributed by atoms with E-state index < -0.39 is 0 Å². The first kappa shape index (κ1) is 32.4. The maximum absolute atomic E-state index is 6.52. The molecule has 51 heavy (non-hydrogen) atoms. The molecule has 2 N–H and O–H groups in total. The summed E-state index contributed by atoms with van der Waals surface area (Å²) in [5.41, 5.74) is 18.6. The number of nitrogens with zero attached hydrogens (tertiary/aromatic N) is 1. The first-order valence-corrected chi connectivity index (χ1v) is 18.2. The fourth-order valence-electron chi connectivity index (χ4n) is 6.86. The van der Waals surface area contributed by atoms with Crippen molar-refractivity contribution in [2.75, 3.05) is 0 Å². The lowest BCUT2D eigenvalue weighted by Gasteiger charge is -2.16. The highest BCUT2D eigenvalue weighted by molar-refractivity contribution is 14.1. The first-order chi connectivity index (χ1) is 25.1. The largest absolute Gasteiger partial charge is 0.398 e. The van der Waals surface area contributed by atoms with E-state index >= 15 is 0 Å². The number of allylic oxidation sites excluding steroid dienone is 1. The van der Waals surface area contributed by atoms with Crippen LogP contribution in [0.2, 0.25) is 0 Å². The smallest absolute Gasteiger partial charge is 0.0671 e. The van der Waals surface area contributed by atoms with Crippen molar-refractivity contribution in [2.24, 2.45) is 10.7 Å². The van der Waals surface area contributed by atoms with Crippen LogP contribution in [0.1, 0.15) is 16.7 Å². The topological polar surface area (TPSA) is 38.4 Å². The molecule has 0 heterocycles. The molecule has 8 aromatic rings. The van der Waals surface area contributed by atoms with Gasteiger partial charge in [-0.05, 0) is 112 Å². The van der Waals surface area contributed by atoms with Gasteiger partial charge in [-0.15, -0.1) is 0 Å². The molecule has 0 amide bonds. The number of hydrogen-bond acceptors (Lipinski definition) is 2. The highest BCUT2D eigenvalue weighted by atomic mass is 127. The van der Waals surface area contributed by atoms with Gasteiger partial charge in [0.2, 0.25) is 0 Å². The number of hydrogen-bond donors (Lipinski definition) is 1. The molecule has 0 aliphatic rings. The van der Waals surface area contributed by atoms with E-state index in [0.29, 0.717) is 12.2 Å². The Morgan fingerprint density at radius 1 is 0.451 bits per heavy atom. The minimum atomic E-state index is 0.550. The summed E-state index contributed by atoms with van der Waals surface area (Å²) in [7, 11) is 0. The van der Waals surface area contributed by atoms with Crippen molar-refractivity contribution >= 4 is 55.5 Å². The monoisotopic (exact) mass is 766 g/mol. The van der Waals surface area contributed by atoms with Crippen LogP contribution in [-0.2, 0) is 6.54 Å². The van der Waals surface area contributed by atoms with Crippen LogP contribution in [0.15, 0.2) is 193 Å². The van der Waals surface area contributed by atoms with Gasteiger partial charge in [-0.25, -0.2) is 0 Å². The third-order valence-corrected chi connectivity index (χ3v) is 10.2. The maximum Gasteiger partial charge on any atom is 0.0671 e. The van der Waals surface area contributed by atoms with Gasteiger partial charge in [-0.2, -0.15) is 0 Å². The van der Waals surface area contributed by atoms with Crippen molar-refractivity contribution in [3.63, 3.8) is 0 Å². The molecule has 0 aromatic heterocycles. The van der Waals surface area contributed by atoms with Crippen LogP contribution in [0.5, 0.6) is 0 Å². The van der Waals surface area contributed by atoms with E-state index in [1.807, 2.05) is 54.6 Å². The first-order valence-electron chi connectivity index (χ1n) is 17.1. The van der Waals surface area contributed by atoms with Gasteiger partial charge in [0.15, 0.2) is 0 Å². The minimum absolute atomic E-state index is 0.550. The van der Waals surface area contributed by atoms with Crippen molar-refractivity contribution in [3.8, 4) is 33.4 Å². The number of nitrogens with two attached hydrogens (primary N) is 1. The molecule has 0 unspecified atom stereocenters. The second-order valence-corrected chi connectivity index (χ2v) is 13.9. The van der Waals surface area contributed by atoms with Gasteiger partial charge in [-0.3, -0.25) is 4.99 Å². The van der Waals surface area contributed by atoms with E-state index in [1.165, 1.54) is 58.5 Å². The SMILES string of the molecule is N/C(=C\C(=N/Cc1ccc(-c2ccc(-c3ccc(-c4ccc(I)cc4)c4ccccc34)c3ccccc23)cc1)c1ccccc1)c1ccccc1. The van der Waals surface area contributed by atoms with Crippen LogP contribution in [0.25, 0.3) is 60.6 Å². The van der Waals surface area contributed by atoms with Gasteiger partial charge in [0, 0.05) is 9.27 Å². The molecular formula is C48H35IN2. The molecule has 244 valence electrons. The average Bonchev–Trinajstić information content (AvgIpc) is 3.20. The Kier molecular flexibility index (Phi) is 9.28. The maximum atomic E-state index is 6.52. The van der Waals surface area contributed by atoms with E-state index in [2.05, 4.69) is 156 Å². The van der Waals surface area contributed by atoms with Gasteiger partial charge >= 0.3 is 0 Å². The zero-order valence-electron chi connectivity index (χ0n) is 28.0. The van der Waals surface area contributed by atoms with Crippen LogP contribution in [0.4, 0.5) is 0 Å². The predicted octanol–water partition coefficient (Wildman–Crippen LogP) is 12.6. The molecule has 0 spiro atoms. The Morgan fingerprint density at radius 2 is 0.863 bits per heavy atom. The molecule has 0 atom stereocenters. The summed E-state index contributed by atoms with van der Waals surface area (Å²) in [6, 6.07) is 64.5. The Labute approximate surface area is 312 Å². The second kappa shape index (κ2) is 14.6. The lowest BCUT2D eigenvalue weighted by molar-refractivity contribution is 1.07. The minimum Gasteiger partial charge on any atom is -0.398 e. The molecule has 0 aliphatic heterocycles. The summed E-state index contributed by atoms with van der Waals surface area (Å²) in [5, 5.41) is 4.99. The molecule has 3 heteroatoms. The van der Waals surface area contributed by atoms with Gasteiger partial charge < -0.3 is 5.73 Å². The summed E-state index contributed by atoms with van der Waals surface area (Å²) in [4.78, 5) is 5.04. The predicted molar refractivity (Wildman–Crippen MR) is 226 cm³/mol. The summed E-state index contributed by atoms with van der Waals surface area (Å²) in [6.45, 7) is 0.550. The normalized spacial score (nSPS) is 12.0. The van der Waals surface area contributed by atoms with Gasteiger partial charge in [0.25, 0.3) is 0 Å². The standard InChI is InChI=1S/C48H35IN2/c49-38-25-23-35(24-26-38)40-28-30-46(44-18-10-8-16-42(40)44)45-29-27-39(41-15-7-9-17-43(41)45)34-21-19-33(20-22-34)32-51-48(37-13-5-2-6-14-37)31-47(50)36-11-3-1-4-12-36/h1-31H,32,50H2/b47-31-,51-48+. The summed E-state index contributed by atoms with van der Waals surface area (Å²) < 4.78 is 1.24. The van der Waals surface area contributed by atoms with Gasteiger partial charge in [-0.1, -0.05) is 170 Å². The van der Waals surface area contributed by atoms with Crippen LogP contribution in [0.3, 0.4) is 0 Å². The molecule has 0 radical (unpaired) electrons. The van der Waals surface area contributed by atoms with Crippen molar-refractivity contribution in [1.82, 2.24) is 0 Å². The second-order valence-electron chi connectivity index (χ2n) is 12.6. The summed E-state index contributed by atoms with van der Waals surface area (Å²) in [5.74, 6) is 0. The lowest BCUT2D eigenvalue weighted by atomic mass is 9.88. The number of rotatable bonds is 8. The zero-order valence-corrected chi connectivity index (χ0v) is 30.2. The molecule has 0 saturated heterocycles. The van der Waals surface area contributed by atoms with E-state index in [1.54, 1.807) is 0 Å². The molecule has 0 saturated carbocycles. The molecule has 8 aromatic carbocycles. The third-order valence-electron chi connectivity index (χ3n) is 9.46. The highest BCUT2D eigenvalue weighted by Crippen LogP contribution is 2.41. The van der Waals surface area contributed by atoms with E-state index in [4.69, 9.17) is 10.7 Å². The van der Waals surface area contributed by atoms with Crippen LogP contribution < -0.4 is 5.73 Å². The number of fused-ring (bicyclic) bond motifs is 2. The van der Waals surface area contributed by atoms with Crippen molar-refractivity contribution in [3.05, 3.63) is 208 Å². The van der Waals surface area contributed by atoms with E-state index in [0.717, 1.165) is 22.4 Å². The fourth-order valence-corrected chi connectivity index (χ4v) is 7.22. The molecular weight excluding hydrogens is 731 g/mol. The molecule has 2 nitrogen and oxygen atoms in total. The van der Waals surface area contributed by atoms with Crippen LogP contribution in [0, 0.1) is 3.57 Å². The lowest BCUT2D eigenvalue weighted by Crippen LogP contribution is -2.04. The third kappa shape index (κ3) is 6.86. The van der Waals surface area contributed by atoms with E-state index in [-0.39, 0.29) is 0 Å². The summed E-state index contributed by atoms with van der Waals surface area (Å²) in [6.07, 6.45) is 1.98. The Morgan fingerprint density at radius 3 is 1.37 bits per heavy atom. The fraction of sp³-hybridized carbons (Fsp3) is 0.0208. The van der Waals surface area contributed by atoms with Crippen LogP contribution >= 0.6 is 22.6 Å². The number of aliphatic imine (C=N–C) groups is 1. The van der Waals surface area contributed by atoms with Crippen molar-refractivity contribution in [2.45, 2.75) is 6.54 Å². The van der Waals surface area contributed by atoms with Crippen LogP contribution in [-0.4, -0.2) is 5.71 Å². The Hall–Kier alpha value is -5.78. The Bertz CT molecular complexity index is 2530. The Balaban J connectivity index is 1.12. The van der Waals surface area contributed by atoms with Crippen molar-refractivity contribution in [1.29, 1.82) is 0 Å². The van der Waals surface area contributed by atoms with Gasteiger partial charge in [0.1, 0.15) is 0 Å². The highest BCUT2D eigenvalue weighted by Gasteiger charge is 2.14. The summed E-state index contributed by atoms with van der Waals surface area (Å²) >= 11 is 2.36. The van der Waals surface area contributed by atoms with Crippen molar-refractivity contribution < 1.29 is 0 Å². The average molecular weight is 767 g/mol. The number of halogens is 1. The number of benzene rings is 8. The van der Waals surface area contributed by atoms with Gasteiger partial charge in [0.05, 0.1) is 12.3 Å². The molecule has 0 fully saturated rings. The quantitative estimate of drug-likeness (QED) is 0.121. The molecule has 0 bridgehead atoms.